The lowest BCUT2D eigenvalue weighted by molar-refractivity contribution is 0.0954. The second-order valence-electron chi connectivity index (χ2n) is 3.40. The highest BCUT2D eigenvalue weighted by Crippen LogP contribution is 2.19. The molecule has 0 saturated heterocycles. The molecule has 3 heterocycles. The number of amides is 1. The van der Waals surface area contributed by atoms with Crippen LogP contribution in [0.2, 0.25) is 0 Å². The normalized spacial score (nSPS) is 10.5. The molecule has 96 valence electrons. The van der Waals surface area contributed by atoms with E-state index in [4.69, 9.17) is 0 Å². The third-order valence-corrected chi connectivity index (χ3v) is 3.15. The van der Waals surface area contributed by atoms with E-state index in [0.717, 1.165) is 0 Å². The van der Waals surface area contributed by atoms with Crippen LogP contribution in [0.4, 0.5) is 0 Å². The van der Waals surface area contributed by atoms with E-state index in [1.807, 2.05) is 0 Å². The van der Waals surface area contributed by atoms with E-state index >= 15 is 0 Å². The van der Waals surface area contributed by atoms with Crippen LogP contribution in [0.25, 0.3) is 5.69 Å². The molecule has 1 amide bonds. The van der Waals surface area contributed by atoms with Crippen molar-refractivity contribution in [3.8, 4) is 5.69 Å². The molecule has 0 aliphatic rings. The van der Waals surface area contributed by atoms with Gasteiger partial charge in [0.05, 0.1) is 12.2 Å². The van der Waals surface area contributed by atoms with E-state index in [1.54, 1.807) is 11.4 Å². The van der Waals surface area contributed by atoms with E-state index < -0.39 is 0 Å². The number of nitrogens with zero attached hydrogens (tertiary/aromatic N) is 7. The minimum absolute atomic E-state index is 0.197. The first-order chi connectivity index (χ1) is 9.34. The summed E-state index contributed by atoms with van der Waals surface area (Å²) in [4.78, 5) is 12.6. The molecule has 3 rings (SSSR count). The molecule has 0 fully saturated rings. The summed E-state index contributed by atoms with van der Waals surface area (Å²) in [5.41, 5.74) is 0.626. The zero-order chi connectivity index (χ0) is 13.1. The Morgan fingerprint density at radius 3 is 3.21 bits per heavy atom. The predicted molar refractivity (Wildman–Crippen MR) is 62.4 cm³/mol. The molecule has 0 radical (unpaired) electrons. The lowest BCUT2D eigenvalue weighted by Gasteiger charge is -2.02. The zero-order valence-electron chi connectivity index (χ0n) is 9.39. The molecule has 19 heavy (non-hydrogen) atoms. The Hall–Kier alpha value is -2.69. The molecular weight excluding hydrogens is 270 g/mol. The van der Waals surface area contributed by atoms with Gasteiger partial charge in [0.25, 0.3) is 5.91 Å². The first kappa shape index (κ1) is 11.4. The highest BCUT2D eigenvalue weighted by molar-refractivity contribution is 7.12. The van der Waals surface area contributed by atoms with Gasteiger partial charge in [0.2, 0.25) is 0 Å². The number of tetrazole rings is 2. The highest BCUT2D eigenvalue weighted by atomic mass is 32.1. The predicted octanol–water partition coefficient (Wildman–Crippen LogP) is -0.833. The van der Waals surface area contributed by atoms with Crippen LogP contribution in [0.5, 0.6) is 0 Å². The van der Waals surface area contributed by atoms with Crippen molar-refractivity contribution in [2.24, 2.45) is 0 Å². The van der Waals surface area contributed by atoms with Gasteiger partial charge in [-0.1, -0.05) is 5.21 Å². The van der Waals surface area contributed by atoms with Gasteiger partial charge in [-0.05, 0) is 21.9 Å². The molecule has 3 aromatic rings. The van der Waals surface area contributed by atoms with E-state index in [0.29, 0.717) is 16.4 Å². The average Bonchev–Trinajstić information content (AvgIpc) is 3.14. The Morgan fingerprint density at radius 2 is 2.47 bits per heavy atom. The molecule has 11 heteroatoms. The maximum absolute atomic E-state index is 12.0. The Morgan fingerprint density at radius 1 is 1.53 bits per heavy atom. The molecule has 0 aromatic carbocycles. The highest BCUT2D eigenvalue weighted by Gasteiger charge is 2.15. The van der Waals surface area contributed by atoms with E-state index in [1.165, 1.54) is 22.3 Å². The third-order valence-electron chi connectivity index (χ3n) is 2.24. The van der Waals surface area contributed by atoms with Gasteiger partial charge >= 0.3 is 0 Å². The number of nitrogens with one attached hydrogen (secondary N) is 2. The van der Waals surface area contributed by atoms with Crippen molar-refractivity contribution in [2.45, 2.75) is 6.54 Å². The van der Waals surface area contributed by atoms with Crippen molar-refractivity contribution in [1.29, 1.82) is 0 Å². The van der Waals surface area contributed by atoms with Crippen LogP contribution in [-0.4, -0.2) is 46.7 Å². The van der Waals surface area contributed by atoms with Crippen LogP contribution in [0.15, 0.2) is 17.8 Å². The second kappa shape index (κ2) is 4.89. The molecular formula is C8H7N9OS. The SMILES string of the molecule is O=C(NCc1nn[nH]n1)c1sccc1-n1cnnn1. The number of hydrogen-bond acceptors (Lipinski definition) is 8. The summed E-state index contributed by atoms with van der Waals surface area (Å²) < 4.78 is 1.43. The summed E-state index contributed by atoms with van der Waals surface area (Å²) >= 11 is 1.30. The van der Waals surface area contributed by atoms with Gasteiger partial charge in [0.15, 0.2) is 5.82 Å². The van der Waals surface area contributed by atoms with Gasteiger partial charge in [-0.2, -0.15) is 9.90 Å². The second-order valence-corrected chi connectivity index (χ2v) is 4.32. The topological polar surface area (TPSA) is 127 Å². The van der Waals surface area contributed by atoms with Crippen molar-refractivity contribution in [1.82, 2.24) is 46.1 Å². The van der Waals surface area contributed by atoms with Crippen molar-refractivity contribution < 1.29 is 4.79 Å². The first-order valence-corrected chi connectivity index (χ1v) is 6.04. The van der Waals surface area contributed by atoms with Crippen LogP contribution >= 0.6 is 11.3 Å². The van der Waals surface area contributed by atoms with Crippen LogP contribution in [0.3, 0.4) is 0 Å². The van der Waals surface area contributed by atoms with Crippen LogP contribution in [0.1, 0.15) is 15.5 Å². The molecule has 0 unspecified atom stereocenters. The van der Waals surface area contributed by atoms with Gasteiger partial charge in [-0.15, -0.1) is 26.6 Å². The molecule has 3 aromatic heterocycles. The lowest BCUT2D eigenvalue weighted by atomic mass is 10.3. The fourth-order valence-corrected chi connectivity index (χ4v) is 2.22. The largest absolute Gasteiger partial charge is 0.344 e. The summed E-state index contributed by atoms with van der Waals surface area (Å²) in [6.45, 7) is 0.197. The number of carbonyl (C=O) groups excluding carboxylic acids is 1. The number of hydrogen-bond donors (Lipinski definition) is 2. The number of carbonyl (C=O) groups is 1. The summed E-state index contributed by atoms with van der Waals surface area (Å²) in [5.74, 6) is 0.166. The molecule has 0 bridgehead atoms. The Balaban J connectivity index is 1.75. The molecule has 0 spiro atoms. The van der Waals surface area contributed by atoms with Crippen molar-refractivity contribution in [3.05, 3.63) is 28.5 Å². The average molecular weight is 277 g/mol. The molecule has 0 aliphatic heterocycles. The lowest BCUT2D eigenvalue weighted by Crippen LogP contribution is -2.23. The molecule has 0 aliphatic carbocycles. The van der Waals surface area contributed by atoms with Crippen LogP contribution in [-0.2, 0) is 6.54 Å². The number of H-pyrrole nitrogens is 1. The summed E-state index contributed by atoms with van der Waals surface area (Å²) in [6, 6.07) is 1.77. The van der Waals surface area contributed by atoms with E-state index in [9.17, 15) is 4.79 Å². The maximum Gasteiger partial charge on any atom is 0.263 e. The van der Waals surface area contributed by atoms with Crippen molar-refractivity contribution in [3.63, 3.8) is 0 Å². The van der Waals surface area contributed by atoms with Gasteiger partial charge in [-0.25, -0.2) is 0 Å². The van der Waals surface area contributed by atoms with E-state index in [-0.39, 0.29) is 12.5 Å². The summed E-state index contributed by atoms with van der Waals surface area (Å²) in [5, 5.41) is 28.5. The zero-order valence-corrected chi connectivity index (χ0v) is 10.2. The van der Waals surface area contributed by atoms with Crippen molar-refractivity contribution >= 4 is 17.2 Å². The first-order valence-electron chi connectivity index (χ1n) is 5.16. The van der Waals surface area contributed by atoms with Gasteiger partial charge < -0.3 is 5.32 Å². The monoisotopic (exact) mass is 277 g/mol. The quantitative estimate of drug-likeness (QED) is 0.636. The number of thiophene rings is 1. The van der Waals surface area contributed by atoms with E-state index in [2.05, 4.69) is 41.5 Å². The molecule has 10 nitrogen and oxygen atoms in total. The Labute approximate surface area is 109 Å². The Bertz CT molecular complexity index is 658. The maximum atomic E-state index is 12.0. The third kappa shape index (κ3) is 2.30. The minimum atomic E-state index is -0.245. The fourth-order valence-electron chi connectivity index (χ4n) is 1.42. The number of aromatic amines is 1. The number of rotatable bonds is 4. The standard InChI is InChI=1S/C8H7N9OS/c18-8(9-3-6-11-14-15-12-6)7-5(1-2-19-7)17-4-10-13-16-17/h1-2,4H,3H2,(H,9,18)(H,11,12,14,15). The summed E-state index contributed by atoms with van der Waals surface area (Å²) in [6.07, 6.45) is 1.43. The number of aromatic nitrogens is 8. The van der Waals surface area contributed by atoms with Crippen LogP contribution in [0, 0.1) is 0 Å². The van der Waals surface area contributed by atoms with Crippen LogP contribution < -0.4 is 5.32 Å². The molecule has 2 N–H and O–H groups in total. The smallest absolute Gasteiger partial charge is 0.263 e. The summed E-state index contributed by atoms with van der Waals surface area (Å²) in [7, 11) is 0. The minimum Gasteiger partial charge on any atom is -0.344 e. The Kier molecular flexibility index (Phi) is 2.94. The fraction of sp³-hybridized carbons (Fsp3) is 0.125. The molecule has 0 atom stereocenters. The van der Waals surface area contributed by atoms with Gasteiger partial charge in [-0.3, -0.25) is 4.79 Å². The molecule has 0 saturated carbocycles. The van der Waals surface area contributed by atoms with Crippen molar-refractivity contribution in [2.75, 3.05) is 0 Å². The van der Waals surface area contributed by atoms with Gasteiger partial charge in [0, 0.05) is 0 Å². The van der Waals surface area contributed by atoms with Gasteiger partial charge in [0.1, 0.15) is 11.2 Å².